The fraction of sp³-hybridized carbons (Fsp3) is 0.619. The average Bonchev–Trinajstić information content (AvgIpc) is 3.09. The molecule has 1 rings (SSSR count). The Morgan fingerprint density at radius 1 is 0.824 bits per heavy atom. The van der Waals surface area contributed by atoms with Crippen molar-refractivity contribution in [1.29, 1.82) is 0 Å². The molecule has 0 saturated heterocycles. The predicted molar refractivity (Wildman–Crippen MR) is 119 cm³/mol. The number of hydrogen-bond acceptors (Lipinski definition) is 8. The molecule has 13 heteroatoms. The highest BCUT2D eigenvalue weighted by molar-refractivity contribution is 6.15. The number of amides is 6. The first-order valence-electron chi connectivity index (χ1n) is 11.1. The highest BCUT2D eigenvalue weighted by atomic mass is 16.6. The molecule has 190 valence electrons. The van der Waals surface area contributed by atoms with Gasteiger partial charge in [0, 0.05) is 12.2 Å². The van der Waals surface area contributed by atoms with Gasteiger partial charge in [-0.05, 0) is 34.1 Å². The number of ether oxygens (including phenoxy) is 2. The lowest BCUT2D eigenvalue weighted by Gasteiger charge is -2.29. The van der Waals surface area contributed by atoms with E-state index in [1.54, 1.807) is 13.8 Å². The zero-order valence-corrected chi connectivity index (χ0v) is 20.0. The Kier molecular flexibility index (Phi) is 11.5. The minimum absolute atomic E-state index is 0.0665. The van der Waals surface area contributed by atoms with Crippen molar-refractivity contribution in [3.8, 4) is 0 Å². The van der Waals surface area contributed by atoms with Gasteiger partial charge in [-0.25, -0.2) is 9.59 Å². The Morgan fingerprint density at radius 2 is 1.32 bits per heavy atom. The van der Waals surface area contributed by atoms with E-state index >= 15 is 0 Å². The van der Waals surface area contributed by atoms with Crippen LogP contribution in [0.2, 0.25) is 0 Å². The zero-order chi connectivity index (χ0) is 25.8. The molecule has 4 N–H and O–H groups in total. The van der Waals surface area contributed by atoms with E-state index in [9.17, 15) is 28.8 Å². The van der Waals surface area contributed by atoms with Crippen LogP contribution in [0.5, 0.6) is 0 Å². The van der Waals surface area contributed by atoms with E-state index in [1.807, 2.05) is 6.92 Å². The van der Waals surface area contributed by atoms with E-state index in [4.69, 9.17) is 9.47 Å². The average molecular weight is 484 g/mol. The molecule has 0 bridgehead atoms. The van der Waals surface area contributed by atoms with Gasteiger partial charge in [0.25, 0.3) is 11.8 Å². The molecule has 0 saturated carbocycles. The maximum atomic E-state index is 13.0. The summed E-state index contributed by atoms with van der Waals surface area (Å²) < 4.78 is 9.74. The molecule has 1 aliphatic heterocycles. The van der Waals surface area contributed by atoms with E-state index in [-0.39, 0.29) is 13.2 Å². The molecule has 6 amide bonds. The SMILES string of the molecule is CCCC(NC(=O)OCC)C(NC(=O)OCC)C(=O)NC(C)NC(=O)C(C)N1C(=O)C=CC1=O. The molecule has 13 nitrogen and oxygen atoms in total. The van der Waals surface area contributed by atoms with Gasteiger partial charge in [0.1, 0.15) is 12.1 Å². The Bertz CT molecular complexity index is 797. The number of carbonyl (C=O) groups excluding carboxylic acids is 6. The number of nitrogens with one attached hydrogen (secondary N) is 4. The third-order valence-corrected chi connectivity index (χ3v) is 4.74. The Hall–Kier alpha value is -3.64. The van der Waals surface area contributed by atoms with Gasteiger partial charge >= 0.3 is 12.2 Å². The van der Waals surface area contributed by atoms with Crippen LogP contribution in [0.3, 0.4) is 0 Å². The highest BCUT2D eigenvalue weighted by Crippen LogP contribution is 2.09. The van der Waals surface area contributed by atoms with E-state index in [2.05, 4.69) is 21.3 Å². The molecule has 0 aromatic rings. The van der Waals surface area contributed by atoms with Crippen molar-refractivity contribution in [1.82, 2.24) is 26.2 Å². The maximum Gasteiger partial charge on any atom is 0.407 e. The first-order chi connectivity index (χ1) is 16.0. The molecule has 1 aliphatic rings. The maximum absolute atomic E-state index is 13.0. The van der Waals surface area contributed by atoms with Crippen molar-refractivity contribution in [2.75, 3.05) is 13.2 Å². The summed E-state index contributed by atoms with van der Waals surface area (Å²) in [6.07, 6.45) is 0.459. The fourth-order valence-electron chi connectivity index (χ4n) is 3.19. The lowest BCUT2D eigenvalue weighted by molar-refractivity contribution is -0.145. The number of rotatable bonds is 12. The molecular weight excluding hydrogens is 450 g/mol. The summed E-state index contributed by atoms with van der Waals surface area (Å²) in [6, 6.07) is -3.19. The largest absolute Gasteiger partial charge is 0.450 e. The second kappa shape index (κ2) is 13.8. The number of carbonyl (C=O) groups is 6. The van der Waals surface area contributed by atoms with Gasteiger partial charge in [-0.2, -0.15) is 0 Å². The Balaban J connectivity index is 2.91. The standard InChI is InChI=1S/C21H33N5O8/c1-6-9-14(24-20(31)33-7-2)17(25-21(32)34-8-3)19(30)23-13(5)22-18(29)12(4)26-15(27)10-11-16(26)28/h10-14,17H,6-9H2,1-5H3,(H,22,29)(H,23,30)(H,24,31)(H,25,32). The van der Waals surface area contributed by atoms with Crippen LogP contribution in [0, 0.1) is 0 Å². The van der Waals surface area contributed by atoms with Crippen molar-refractivity contribution in [2.45, 2.75) is 71.8 Å². The van der Waals surface area contributed by atoms with Gasteiger partial charge in [-0.1, -0.05) is 13.3 Å². The molecule has 34 heavy (non-hydrogen) atoms. The molecule has 0 fully saturated rings. The fourth-order valence-corrected chi connectivity index (χ4v) is 3.19. The zero-order valence-electron chi connectivity index (χ0n) is 20.0. The highest BCUT2D eigenvalue weighted by Gasteiger charge is 2.35. The van der Waals surface area contributed by atoms with Gasteiger partial charge in [-0.15, -0.1) is 0 Å². The molecule has 4 atom stereocenters. The topological polar surface area (TPSA) is 172 Å². The first kappa shape index (κ1) is 28.4. The van der Waals surface area contributed by atoms with Gasteiger partial charge < -0.3 is 30.7 Å². The summed E-state index contributed by atoms with van der Waals surface area (Å²) in [6.45, 7) is 8.07. The normalized spacial score (nSPS) is 16.2. The van der Waals surface area contributed by atoms with Crippen molar-refractivity contribution in [3.05, 3.63) is 12.2 Å². The summed E-state index contributed by atoms with van der Waals surface area (Å²) in [5, 5.41) is 10.0. The molecule has 0 radical (unpaired) electrons. The quantitative estimate of drug-likeness (QED) is 0.220. The molecule has 4 unspecified atom stereocenters. The van der Waals surface area contributed by atoms with Gasteiger partial charge in [-0.3, -0.25) is 24.1 Å². The van der Waals surface area contributed by atoms with Crippen LogP contribution >= 0.6 is 0 Å². The smallest absolute Gasteiger partial charge is 0.407 e. The summed E-state index contributed by atoms with van der Waals surface area (Å²) in [7, 11) is 0. The van der Waals surface area contributed by atoms with Crippen molar-refractivity contribution < 1.29 is 38.2 Å². The summed E-state index contributed by atoms with van der Waals surface area (Å²) in [4.78, 5) is 73.9. The van der Waals surface area contributed by atoms with Crippen LogP contribution in [0.25, 0.3) is 0 Å². The van der Waals surface area contributed by atoms with Crippen LogP contribution < -0.4 is 21.3 Å². The van der Waals surface area contributed by atoms with Crippen LogP contribution in [0.4, 0.5) is 9.59 Å². The Morgan fingerprint density at radius 3 is 1.82 bits per heavy atom. The van der Waals surface area contributed by atoms with E-state index < -0.39 is 60.1 Å². The number of hydrogen-bond donors (Lipinski definition) is 4. The van der Waals surface area contributed by atoms with Crippen LogP contribution in [0.15, 0.2) is 12.2 Å². The third-order valence-electron chi connectivity index (χ3n) is 4.74. The second-order valence-corrected chi connectivity index (χ2v) is 7.40. The molecular formula is C21H33N5O8. The molecule has 1 heterocycles. The van der Waals surface area contributed by atoms with Gasteiger partial charge in [0.2, 0.25) is 11.8 Å². The van der Waals surface area contributed by atoms with E-state index in [0.717, 1.165) is 17.1 Å². The van der Waals surface area contributed by atoms with Crippen molar-refractivity contribution in [3.63, 3.8) is 0 Å². The van der Waals surface area contributed by atoms with Crippen LogP contribution in [-0.4, -0.2) is 78.2 Å². The summed E-state index contributed by atoms with van der Waals surface area (Å²) in [5.41, 5.74) is 0. The summed E-state index contributed by atoms with van der Waals surface area (Å²) in [5.74, 6) is -2.62. The molecule has 0 aliphatic carbocycles. The van der Waals surface area contributed by atoms with Crippen LogP contribution in [0.1, 0.15) is 47.5 Å². The lowest BCUT2D eigenvalue weighted by atomic mass is 10.0. The molecule has 0 aromatic heterocycles. The van der Waals surface area contributed by atoms with Gasteiger partial charge in [0.15, 0.2) is 0 Å². The minimum Gasteiger partial charge on any atom is -0.450 e. The Labute approximate surface area is 197 Å². The van der Waals surface area contributed by atoms with Crippen molar-refractivity contribution >= 4 is 35.8 Å². The second-order valence-electron chi connectivity index (χ2n) is 7.40. The monoisotopic (exact) mass is 483 g/mol. The third kappa shape index (κ3) is 8.37. The minimum atomic E-state index is -1.24. The number of imide groups is 1. The van der Waals surface area contributed by atoms with E-state index in [1.165, 1.54) is 13.8 Å². The lowest BCUT2D eigenvalue weighted by Crippen LogP contribution is -2.62. The van der Waals surface area contributed by atoms with E-state index in [0.29, 0.717) is 12.8 Å². The summed E-state index contributed by atoms with van der Waals surface area (Å²) >= 11 is 0. The predicted octanol–water partition coefficient (Wildman–Crippen LogP) is -0.0922. The molecule has 0 spiro atoms. The number of nitrogens with zero attached hydrogens (tertiary/aromatic N) is 1. The van der Waals surface area contributed by atoms with Gasteiger partial charge in [0.05, 0.1) is 25.4 Å². The molecule has 0 aromatic carbocycles. The van der Waals surface area contributed by atoms with Crippen molar-refractivity contribution in [2.24, 2.45) is 0 Å². The number of alkyl carbamates (subject to hydrolysis) is 2. The van der Waals surface area contributed by atoms with Crippen LogP contribution in [-0.2, 0) is 28.7 Å². The first-order valence-corrected chi connectivity index (χ1v) is 11.1.